The molecule has 0 radical (unpaired) electrons. The zero-order valence-corrected chi connectivity index (χ0v) is 16.9. The predicted molar refractivity (Wildman–Crippen MR) is 112 cm³/mol. The monoisotopic (exact) mass is 480 g/mol. The van der Waals surface area contributed by atoms with E-state index >= 15 is 0 Å². The lowest BCUT2D eigenvalue weighted by Gasteiger charge is -2.34. The second-order valence-electron chi connectivity index (χ2n) is 6.03. The standard InChI is InChI=1S/C18H21IN6O2/c19-14-4-1-2-5-15(14)23-18(27)22-9-6-16(26)24-10-12-25(13-11-24)17-20-7-3-8-21-17/h1-5,7-8H,6,9-13H2,(H2,22,23,27). The van der Waals surface area contributed by atoms with Crippen molar-refractivity contribution < 1.29 is 9.59 Å². The molecule has 27 heavy (non-hydrogen) atoms. The van der Waals surface area contributed by atoms with Gasteiger partial charge in [-0.15, -0.1) is 0 Å². The lowest BCUT2D eigenvalue weighted by molar-refractivity contribution is -0.131. The number of para-hydroxylation sites is 1. The molecule has 1 aromatic heterocycles. The minimum atomic E-state index is -0.307. The first-order chi connectivity index (χ1) is 13.1. The molecule has 0 bridgehead atoms. The molecule has 0 aliphatic carbocycles. The van der Waals surface area contributed by atoms with Gasteiger partial charge in [-0.1, -0.05) is 12.1 Å². The number of aromatic nitrogens is 2. The number of hydrogen-bond donors (Lipinski definition) is 2. The number of anilines is 2. The molecule has 3 rings (SSSR count). The molecular weight excluding hydrogens is 459 g/mol. The van der Waals surface area contributed by atoms with Crippen LogP contribution in [0.25, 0.3) is 0 Å². The third-order valence-electron chi connectivity index (χ3n) is 4.21. The molecule has 1 aliphatic rings. The third kappa shape index (κ3) is 5.52. The van der Waals surface area contributed by atoms with Gasteiger partial charge in [-0.05, 0) is 40.8 Å². The molecule has 2 heterocycles. The van der Waals surface area contributed by atoms with E-state index in [9.17, 15) is 9.59 Å². The maximum atomic E-state index is 12.3. The zero-order valence-electron chi connectivity index (χ0n) is 14.8. The number of amides is 3. The summed E-state index contributed by atoms with van der Waals surface area (Å²) in [5, 5.41) is 5.52. The van der Waals surface area contributed by atoms with Crippen molar-refractivity contribution >= 4 is 46.2 Å². The first-order valence-electron chi connectivity index (χ1n) is 8.72. The van der Waals surface area contributed by atoms with Gasteiger partial charge in [-0.2, -0.15) is 0 Å². The molecule has 3 amide bonds. The fourth-order valence-electron chi connectivity index (χ4n) is 2.78. The van der Waals surface area contributed by atoms with Crippen LogP contribution in [0, 0.1) is 3.57 Å². The highest BCUT2D eigenvalue weighted by molar-refractivity contribution is 14.1. The van der Waals surface area contributed by atoms with E-state index in [2.05, 4.69) is 48.1 Å². The summed E-state index contributed by atoms with van der Waals surface area (Å²) in [4.78, 5) is 36.7. The van der Waals surface area contributed by atoms with Crippen LogP contribution >= 0.6 is 22.6 Å². The van der Waals surface area contributed by atoms with Crippen LogP contribution in [0.2, 0.25) is 0 Å². The maximum Gasteiger partial charge on any atom is 0.319 e. The summed E-state index contributed by atoms with van der Waals surface area (Å²) >= 11 is 2.16. The molecule has 142 valence electrons. The molecule has 0 atom stereocenters. The SMILES string of the molecule is O=C(NCCC(=O)N1CCN(c2ncccn2)CC1)Nc1ccccc1I. The summed E-state index contributed by atoms with van der Waals surface area (Å²) in [6.45, 7) is 2.97. The number of nitrogens with zero attached hydrogens (tertiary/aromatic N) is 4. The maximum absolute atomic E-state index is 12.3. The van der Waals surface area contributed by atoms with Crippen molar-refractivity contribution in [3.05, 3.63) is 46.3 Å². The van der Waals surface area contributed by atoms with Crippen LogP contribution in [0.5, 0.6) is 0 Å². The fraction of sp³-hybridized carbons (Fsp3) is 0.333. The highest BCUT2D eigenvalue weighted by atomic mass is 127. The molecule has 9 heteroatoms. The Morgan fingerprint density at radius 3 is 2.44 bits per heavy atom. The second-order valence-corrected chi connectivity index (χ2v) is 7.19. The average molecular weight is 480 g/mol. The van der Waals surface area contributed by atoms with Gasteiger partial charge < -0.3 is 20.4 Å². The van der Waals surface area contributed by atoms with Gasteiger partial charge in [-0.25, -0.2) is 14.8 Å². The number of halogens is 1. The van der Waals surface area contributed by atoms with E-state index in [4.69, 9.17) is 0 Å². The van der Waals surface area contributed by atoms with E-state index in [1.54, 1.807) is 18.5 Å². The van der Waals surface area contributed by atoms with Crippen LogP contribution < -0.4 is 15.5 Å². The average Bonchev–Trinajstić information content (AvgIpc) is 2.70. The number of hydrogen-bond acceptors (Lipinski definition) is 5. The van der Waals surface area contributed by atoms with E-state index in [0.29, 0.717) is 38.7 Å². The molecule has 8 nitrogen and oxygen atoms in total. The van der Waals surface area contributed by atoms with E-state index in [-0.39, 0.29) is 18.4 Å². The van der Waals surface area contributed by atoms with Gasteiger partial charge in [0.2, 0.25) is 11.9 Å². The minimum Gasteiger partial charge on any atom is -0.339 e. The summed E-state index contributed by atoms with van der Waals surface area (Å²) in [5.41, 5.74) is 0.751. The molecule has 0 spiro atoms. The molecule has 2 N–H and O–H groups in total. The van der Waals surface area contributed by atoms with E-state index < -0.39 is 0 Å². The Hall–Kier alpha value is -2.43. The Bertz CT molecular complexity index is 780. The minimum absolute atomic E-state index is 0.0400. The summed E-state index contributed by atoms with van der Waals surface area (Å²) < 4.78 is 0.960. The van der Waals surface area contributed by atoms with E-state index in [1.807, 2.05) is 29.2 Å². The third-order valence-corrected chi connectivity index (χ3v) is 5.15. The van der Waals surface area contributed by atoms with Crippen molar-refractivity contribution in [1.82, 2.24) is 20.2 Å². The molecule has 2 aromatic rings. The Labute approximate surface area is 171 Å². The summed E-state index contributed by atoms with van der Waals surface area (Å²) in [7, 11) is 0. The van der Waals surface area contributed by atoms with Crippen LogP contribution in [0.3, 0.4) is 0 Å². The molecule has 0 unspecified atom stereocenters. The number of nitrogens with one attached hydrogen (secondary N) is 2. The van der Waals surface area contributed by atoms with E-state index in [1.165, 1.54) is 0 Å². The van der Waals surface area contributed by atoms with Crippen molar-refractivity contribution in [3.8, 4) is 0 Å². The highest BCUT2D eigenvalue weighted by Crippen LogP contribution is 2.16. The van der Waals surface area contributed by atoms with Crippen LogP contribution in [0.1, 0.15) is 6.42 Å². The predicted octanol–water partition coefficient (Wildman–Crippen LogP) is 1.94. The van der Waals surface area contributed by atoms with Crippen molar-refractivity contribution in [3.63, 3.8) is 0 Å². The van der Waals surface area contributed by atoms with Gasteiger partial charge in [0.15, 0.2) is 0 Å². The van der Waals surface area contributed by atoms with Crippen LogP contribution in [-0.4, -0.2) is 59.5 Å². The van der Waals surface area contributed by atoms with E-state index in [0.717, 1.165) is 9.26 Å². The quantitative estimate of drug-likeness (QED) is 0.639. The number of carbonyl (C=O) groups excluding carboxylic acids is 2. The topological polar surface area (TPSA) is 90.5 Å². The van der Waals surface area contributed by atoms with Crippen LogP contribution in [0.15, 0.2) is 42.7 Å². The molecular formula is C18H21IN6O2. The normalized spacial score (nSPS) is 14.0. The number of carbonyl (C=O) groups is 2. The molecule has 1 aliphatic heterocycles. The summed E-state index contributed by atoms with van der Waals surface area (Å²) in [6.07, 6.45) is 3.71. The van der Waals surface area contributed by atoms with Gasteiger partial charge in [0.1, 0.15) is 0 Å². The molecule has 1 fully saturated rings. The Kier molecular flexibility index (Phi) is 6.80. The summed E-state index contributed by atoms with van der Waals surface area (Å²) in [5.74, 6) is 0.733. The second kappa shape index (κ2) is 9.49. The van der Waals surface area contributed by atoms with Crippen molar-refractivity contribution in [2.24, 2.45) is 0 Å². The van der Waals surface area contributed by atoms with Gasteiger partial charge in [0, 0.05) is 55.1 Å². The molecule has 1 aromatic carbocycles. The van der Waals surface area contributed by atoms with Crippen molar-refractivity contribution in [2.45, 2.75) is 6.42 Å². The summed E-state index contributed by atoms with van der Waals surface area (Å²) in [6, 6.07) is 9.00. The first-order valence-corrected chi connectivity index (χ1v) is 9.80. The number of benzene rings is 1. The molecule has 1 saturated heterocycles. The Balaban J connectivity index is 1.37. The lowest BCUT2D eigenvalue weighted by Crippen LogP contribution is -2.49. The van der Waals surface area contributed by atoms with Crippen molar-refractivity contribution in [2.75, 3.05) is 42.9 Å². The van der Waals surface area contributed by atoms with Gasteiger partial charge in [0.05, 0.1) is 5.69 Å². The van der Waals surface area contributed by atoms with Gasteiger partial charge >= 0.3 is 6.03 Å². The fourth-order valence-corrected chi connectivity index (χ4v) is 3.30. The Morgan fingerprint density at radius 2 is 1.74 bits per heavy atom. The van der Waals surface area contributed by atoms with Crippen LogP contribution in [0.4, 0.5) is 16.4 Å². The van der Waals surface area contributed by atoms with Crippen LogP contribution in [-0.2, 0) is 4.79 Å². The highest BCUT2D eigenvalue weighted by Gasteiger charge is 2.22. The largest absolute Gasteiger partial charge is 0.339 e. The number of urea groups is 1. The lowest BCUT2D eigenvalue weighted by atomic mass is 10.3. The first kappa shape index (κ1) is 19.3. The van der Waals surface area contributed by atoms with Crippen molar-refractivity contribution in [1.29, 1.82) is 0 Å². The van der Waals surface area contributed by atoms with Gasteiger partial charge in [-0.3, -0.25) is 4.79 Å². The number of rotatable bonds is 5. The zero-order chi connectivity index (χ0) is 19.1. The smallest absolute Gasteiger partial charge is 0.319 e. The Morgan fingerprint density at radius 1 is 1.04 bits per heavy atom. The van der Waals surface area contributed by atoms with Gasteiger partial charge in [0.25, 0.3) is 0 Å². The number of piperazine rings is 1. The molecule has 0 saturated carbocycles.